The molecule has 5 heteroatoms. The summed E-state index contributed by atoms with van der Waals surface area (Å²) in [6, 6.07) is 34.4. The van der Waals surface area contributed by atoms with Gasteiger partial charge >= 0.3 is 0 Å². The lowest BCUT2D eigenvalue weighted by atomic mass is 9.91. The lowest BCUT2D eigenvalue weighted by molar-refractivity contribution is 0.475. The average Bonchev–Trinajstić information content (AvgIpc) is 3.49. The normalized spacial score (nSPS) is 12.2. The molecule has 0 saturated heterocycles. The molecule has 0 radical (unpaired) electrons. The number of aromatic amines is 1. The number of imidazole rings is 1. The SMILES string of the molecule is CC1=C(C)N=C(c2ccccc2-c2ccccc2-c2nc(C)c(C)[nH]2)C1.Oc1ccccc1.Oc1ccccc1. The first-order valence-electron chi connectivity index (χ1n) is 13.3. The van der Waals surface area contributed by atoms with Gasteiger partial charge in [0, 0.05) is 28.9 Å². The van der Waals surface area contributed by atoms with E-state index in [2.05, 4.69) is 74.3 Å². The first-order chi connectivity index (χ1) is 19.3. The summed E-state index contributed by atoms with van der Waals surface area (Å²) in [7, 11) is 0. The zero-order chi connectivity index (χ0) is 28.5. The fourth-order valence-corrected chi connectivity index (χ4v) is 4.30. The molecule has 2 heterocycles. The van der Waals surface area contributed by atoms with E-state index < -0.39 is 0 Å². The maximum absolute atomic E-state index is 8.63. The van der Waals surface area contributed by atoms with E-state index in [4.69, 9.17) is 20.2 Å². The summed E-state index contributed by atoms with van der Waals surface area (Å²) < 4.78 is 0. The second-order valence-electron chi connectivity index (χ2n) is 9.66. The lowest BCUT2D eigenvalue weighted by Crippen LogP contribution is -2.01. The quantitative estimate of drug-likeness (QED) is 0.219. The van der Waals surface area contributed by atoms with E-state index in [1.165, 1.54) is 22.3 Å². The molecule has 3 N–H and O–H groups in total. The van der Waals surface area contributed by atoms with E-state index in [0.717, 1.165) is 40.6 Å². The number of aliphatic imine (C=N–C) groups is 1. The smallest absolute Gasteiger partial charge is 0.138 e. The van der Waals surface area contributed by atoms with E-state index in [1.807, 2.05) is 19.1 Å². The van der Waals surface area contributed by atoms with Gasteiger partial charge in [-0.1, -0.05) is 84.9 Å². The number of nitrogens with zero attached hydrogens (tertiary/aromatic N) is 2. The summed E-state index contributed by atoms with van der Waals surface area (Å²) in [4.78, 5) is 13.0. The summed E-state index contributed by atoms with van der Waals surface area (Å²) >= 11 is 0. The Kier molecular flexibility index (Phi) is 9.31. The Bertz CT molecular complexity index is 1560. The van der Waals surface area contributed by atoms with Crippen LogP contribution in [0.4, 0.5) is 0 Å². The van der Waals surface area contributed by atoms with Crippen molar-refractivity contribution in [2.24, 2.45) is 4.99 Å². The van der Waals surface area contributed by atoms with Crippen molar-refractivity contribution in [2.45, 2.75) is 34.1 Å². The van der Waals surface area contributed by atoms with E-state index >= 15 is 0 Å². The topological polar surface area (TPSA) is 81.5 Å². The lowest BCUT2D eigenvalue weighted by Gasteiger charge is -2.13. The molecule has 202 valence electrons. The van der Waals surface area contributed by atoms with Crippen LogP contribution in [0.1, 0.15) is 37.2 Å². The molecule has 6 rings (SSSR count). The van der Waals surface area contributed by atoms with Gasteiger partial charge in [-0.15, -0.1) is 0 Å². The third-order valence-corrected chi connectivity index (χ3v) is 6.70. The predicted octanol–water partition coefficient (Wildman–Crippen LogP) is 8.63. The van der Waals surface area contributed by atoms with Gasteiger partial charge in [-0.25, -0.2) is 4.98 Å². The first-order valence-corrected chi connectivity index (χ1v) is 13.3. The Morgan fingerprint density at radius 3 is 1.43 bits per heavy atom. The molecule has 5 aromatic rings. The molecule has 0 amide bonds. The van der Waals surface area contributed by atoms with Crippen LogP contribution < -0.4 is 0 Å². The highest BCUT2D eigenvalue weighted by Crippen LogP contribution is 2.35. The van der Waals surface area contributed by atoms with Gasteiger partial charge in [0.05, 0.1) is 11.4 Å². The molecular weight excluding hydrogens is 494 g/mol. The Hall–Kier alpha value is -4.90. The minimum atomic E-state index is 0.322. The summed E-state index contributed by atoms with van der Waals surface area (Å²) in [6.45, 7) is 8.35. The van der Waals surface area contributed by atoms with Crippen molar-refractivity contribution in [3.63, 3.8) is 0 Å². The van der Waals surface area contributed by atoms with Gasteiger partial charge in [-0.05, 0) is 68.7 Å². The molecule has 0 saturated carbocycles. The van der Waals surface area contributed by atoms with Crippen molar-refractivity contribution in [3.8, 4) is 34.0 Å². The summed E-state index contributed by atoms with van der Waals surface area (Å²) in [5, 5.41) is 17.3. The Labute approximate surface area is 236 Å². The maximum atomic E-state index is 8.63. The number of para-hydroxylation sites is 2. The fourth-order valence-electron chi connectivity index (χ4n) is 4.30. The molecule has 1 aliphatic heterocycles. The van der Waals surface area contributed by atoms with Gasteiger partial charge in [0.15, 0.2) is 0 Å². The molecule has 0 unspecified atom stereocenters. The van der Waals surface area contributed by atoms with Crippen LogP contribution >= 0.6 is 0 Å². The number of hydrogen-bond donors (Lipinski definition) is 3. The third kappa shape index (κ3) is 7.14. The Morgan fingerprint density at radius 1 is 0.575 bits per heavy atom. The first kappa shape index (κ1) is 28.1. The number of aryl methyl sites for hydroxylation is 2. The van der Waals surface area contributed by atoms with Gasteiger partial charge in [-0.2, -0.15) is 0 Å². The maximum Gasteiger partial charge on any atom is 0.138 e. The molecule has 0 atom stereocenters. The molecule has 4 aromatic carbocycles. The van der Waals surface area contributed by atoms with Gasteiger partial charge in [0.1, 0.15) is 17.3 Å². The van der Waals surface area contributed by atoms with Crippen LogP contribution in [0.2, 0.25) is 0 Å². The number of phenols is 2. The molecular formula is C35H35N3O2. The number of H-pyrrole nitrogens is 1. The van der Waals surface area contributed by atoms with Crippen LogP contribution in [0.25, 0.3) is 22.5 Å². The summed E-state index contributed by atoms with van der Waals surface area (Å²) in [6.07, 6.45) is 0.921. The molecule has 1 aliphatic rings. The van der Waals surface area contributed by atoms with Crippen molar-refractivity contribution in [2.75, 3.05) is 0 Å². The Morgan fingerprint density at radius 2 is 1.02 bits per heavy atom. The molecule has 0 aliphatic carbocycles. The monoisotopic (exact) mass is 529 g/mol. The van der Waals surface area contributed by atoms with Crippen molar-refractivity contribution < 1.29 is 10.2 Å². The number of allylic oxidation sites excluding steroid dienone is 2. The minimum absolute atomic E-state index is 0.322. The molecule has 5 nitrogen and oxygen atoms in total. The second-order valence-corrected chi connectivity index (χ2v) is 9.66. The van der Waals surface area contributed by atoms with Crippen LogP contribution in [0, 0.1) is 13.8 Å². The van der Waals surface area contributed by atoms with Crippen LogP contribution in [0.5, 0.6) is 11.5 Å². The van der Waals surface area contributed by atoms with Gasteiger partial charge in [-0.3, -0.25) is 4.99 Å². The fraction of sp³-hybridized carbons (Fsp3) is 0.143. The highest BCUT2D eigenvalue weighted by atomic mass is 16.3. The standard InChI is InChI=1S/C23H23N3.2C6H6O/c1-14-13-22(24-15(14)2)20-11-7-5-9-18(20)19-10-6-8-12-21(19)23-25-16(3)17(4)26-23;2*7-6-4-2-1-3-5-6/h5-12H,13H2,1-4H3,(H,25,26);2*1-5,7H. The number of nitrogens with one attached hydrogen (secondary N) is 1. The van der Waals surface area contributed by atoms with E-state index in [1.54, 1.807) is 48.5 Å². The predicted molar refractivity (Wildman–Crippen MR) is 165 cm³/mol. The van der Waals surface area contributed by atoms with Crippen LogP contribution in [0.3, 0.4) is 0 Å². The number of aromatic hydroxyl groups is 2. The Balaban J connectivity index is 0.000000215. The van der Waals surface area contributed by atoms with Crippen molar-refractivity contribution in [1.82, 2.24) is 9.97 Å². The average molecular weight is 530 g/mol. The van der Waals surface area contributed by atoms with E-state index in [-0.39, 0.29) is 0 Å². The van der Waals surface area contributed by atoms with Crippen molar-refractivity contribution in [3.05, 3.63) is 137 Å². The summed E-state index contributed by atoms with van der Waals surface area (Å²) in [5.41, 5.74) is 10.5. The third-order valence-electron chi connectivity index (χ3n) is 6.70. The number of aromatic nitrogens is 2. The zero-order valence-electron chi connectivity index (χ0n) is 23.4. The van der Waals surface area contributed by atoms with Crippen LogP contribution in [-0.2, 0) is 0 Å². The minimum Gasteiger partial charge on any atom is -0.508 e. The number of rotatable bonds is 3. The number of hydrogen-bond acceptors (Lipinski definition) is 4. The van der Waals surface area contributed by atoms with Crippen LogP contribution in [0.15, 0.2) is 125 Å². The van der Waals surface area contributed by atoms with Gasteiger partial charge in [0.25, 0.3) is 0 Å². The number of benzene rings is 4. The van der Waals surface area contributed by atoms with Crippen LogP contribution in [-0.4, -0.2) is 25.9 Å². The largest absolute Gasteiger partial charge is 0.508 e. The highest BCUT2D eigenvalue weighted by Gasteiger charge is 2.19. The van der Waals surface area contributed by atoms with Crippen molar-refractivity contribution >= 4 is 5.71 Å². The highest BCUT2D eigenvalue weighted by molar-refractivity contribution is 6.09. The second kappa shape index (κ2) is 13.3. The molecule has 0 bridgehead atoms. The van der Waals surface area contributed by atoms with Crippen molar-refractivity contribution in [1.29, 1.82) is 0 Å². The van der Waals surface area contributed by atoms with E-state index in [0.29, 0.717) is 11.5 Å². The summed E-state index contributed by atoms with van der Waals surface area (Å²) in [5.74, 6) is 1.56. The van der Waals surface area contributed by atoms with Gasteiger partial charge < -0.3 is 15.2 Å². The number of phenolic OH excluding ortho intramolecular Hbond substituents is 2. The molecule has 0 spiro atoms. The molecule has 0 fully saturated rings. The molecule has 40 heavy (non-hydrogen) atoms. The van der Waals surface area contributed by atoms with Gasteiger partial charge in [0.2, 0.25) is 0 Å². The zero-order valence-corrected chi connectivity index (χ0v) is 23.4. The van der Waals surface area contributed by atoms with E-state index in [9.17, 15) is 0 Å². The molecule has 1 aromatic heterocycles.